The zero-order valence-corrected chi connectivity index (χ0v) is 11.6. The molecule has 0 bridgehead atoms. The molecule has 2 aromatic rings. The predicted molar refractivity (Wildman–Crippen MR) is 80.7 cm³/mol. The van der Waals surface area contributed by atoms with Gasteiger partial charge in [0.2, 0.25) is 0 Å². The Kier molecular flexibility index (Phi) is 4.23. The third kappa shape index (κ3) is 2.79. The van der Waals surface area contributed by atoms with Crippen molar-refractivity contribution in [2.24, 2.45) is 0 Å². The molecule has 0 saturated carbocycles. The second kappa shape index (κ2) is 5.89. The second-order valence-electron chi connectivity index (χ2n) is 4.47. The van der Waals surface area contributed by atoms with Crippen molar-refractivity contribution in [3.63, 3.8) is 0 Å². The Morgan fingerprint density at radius 2 is 1.89 bits per heavy atom. The molecule has 1 aliphatic carbocycles. The van der Waals surface area contributed by atoms with Crippen molar-refractivity contribution in [1.29, 1.82) is 0 Å². The van der Waals surface area contributed by atoms with Gasteiger partial charge in [0.15, 0.2) is 0 Å². The van der Waals surface area contributed by atoms with Gasteiger partial charge in [0.05, 0.1) is 7.11 Å². The molecular formula is C16H16ClNO. The normalized spacial score (nSPS) is 14.9. The number of hydrogen-bond acceptors (Lipinski definition) is 2. The highest BCUT2D eigenvalue weighted by Crippen LogP contribution is 2.35. The van der Waals surface area contributed by atoms with E-state index in [0.717, 1.165) is 18.6 Å². The van der Waals surface area contributed by atoms with Gasteiger partial charge >= 0.3 is 0 Å². The lowest BCUT2D eigenvalue weighted by atomic mass is 10.0. The number of nitrogens with zero attached hydrogens (tertiary/aromatic N) is 1. The van der Waals surface area contributed by atoms with Gasteiger partial charge in [0.25, 0.3) is 0 Å². The maximum Gasteiger partial charge on any atom is 0.119 e. The molecule has 0 spiro atoms. The van der Waals surface area contributed by atoms with Crippen molar-refractivity contribution >= 4 is 24.1 Å². The molecule has 19 heavy (non-hydrogen) atoms. The monoisotopic (exact) mass is 273 g/mol. The van der Waals surface area contributed by atoms with Gasteiger partial charge in [0, 0.05) is 12.4 Å². The number of rotatable bonds is 2. The molecule has 0 unspecified atom stereocenters. The molecule has 3 heteroatoms. The van der Waals surface area contributed by atoms with Crippen LogP contribution in [0.4, 0.5) is 0 Å². The van der Waals surface area contributed by atoms with Crippen LogP contribution in [0.15, 0.2) is 42.7 Å². The Labute approximate surface area is 119 Å². The minimum Gasteiger partial charge on any atom is -0.497 e. The van der Waals surface area contributed by atoms with Gasteiger partial charge < -0.3 is 4.74 Å². The molecule has 0 radical (unpaired) electrons. The number of benzene rings is 1. The van der Waals surface area contributed by atoms with Gasteiger partial charge in [-0.3, -0.25) is 4.98 Å². The Morgan fingerprint density at radius 3 is 2.63 bits per heavy atom. The highest BCUT2D eigenvalue weighted by atomic mass is 35.5. The summed E-state index contributed by atoms with van der Waals surface area (Å²) in [5, 5.41) is 0. The number of pyridine rings is 1. The molecule has 0 N–H and O–H groups in total. The van der Waals surface area contributed by atoms with E-state index in [1.165, 1.54) is 22.3 Å². The van der Waals surface area contributed by atoms with E-state index < -0.39 is 0 Å². The molecular weight excluding hydrogens is 258 g/mol. The Balaban J connectivity index is 0.00000133. The number of ether oxygens (including phenoxy) is 1. The van der Waals surface area contributed by atoms with Crippen molar-refractivity contribution < 1.29 is 4.74 Å². The van der Waals surface area contributed by atoms with E-state index in [1.807, 2.05) is 30.6 Å². The summed E-state index contributed by atoms with van der Waals surface area (Å²) < 4.78 is 5.30. The summed E-state index contributed by atoms with van der Waals surface area (Å²) in [6, 6.07) is 10.4. The molecule has 0 amide bonds. The standard InChI is InChI=1S/C16H15NO.ClH/c1-18-15-5-4-13-2-3-14(16(13)11-15)10-12-6-8-17-9-7-12;/h4-11H,2-3H2,1H3;1H. The molecule has 0 atom stereocenters. The van der Waals surface area contributed by atoms with Gasteiger partial charge in [-0.15, -0.1) is 12.4 Å². The van der Waals surface area contributed by atoms with Crippen molar-refractivity contribution in [1.82, 2.24) is 4.98 Å². The molecule has 1 aliphatic rings. The maximum absolute atomic E-state index is 5.30. The van der Waals surface area contributed by atoms with E-state index in [2.05, 4.69) is 23.2 Å². The fraction of sp³-hybridized carbons (Fsp3) is 0.188. The summed E-state index contributed by atoms with van der Waals surface area (Å²) >= 11 is 0. The molecule has 0 fully saturated rings. The quantitative estimate of drug-likeness (QED) is 0.825. The van der Waals surface area contributed by atoms with Crippen LogP contribution in [-0.2, 0) is 6.42 Å². The maximum atomic E-state index is 5.30. The summed E-state index contributed by atoms with van der Waals surface area (Å²) in [6.07, 6.45) is 8.12. The summed E-state index contributed by atoms with van der Waals surface area (Å²) in [5.74, 6) is 0.927. The predicted octanol–water partition coefficient (Wildman–Crippen LogP) is 4.00. The highest BCUT2D eigenvalue weighted by Gasteiger charge is 2.16. The van der Waals surface area contributed by atoms with Crippen molar-refractivity contribution in [2.75, 3.05) is 7.11 Å². The van der Waals surface area contributed by atoms with Crippen LogP contribution in [0.25, 0.3) is 11.6 Å². The van der Waals surface area contributed by atoms with Crippen LogP contribution in [0.3, 0.4) is 0 Å². The fourth-order valence-electron chi connectivity index (χ4n) is 2.41. The smallest absolute Gasteiger partial charge is 0.119 e. The number of aryl methyl sites for hydroxylation is 1. The van der Waals surface area contributed by atoms with E-state index in [-0.39, 0.29) is 12.4 Å². The van der Waals surface area contributed by atoms with Crippen LogP contribution in [0.1, 0.15) is 23.1 Å². The number of aromatic nitrogens is 1. The van der Waals surface area contributed by atoms with Gasteiger partial charge in [-0.1, -0.05) is 12.1 Å². The number of fused-ring (bicyclic) bond motifs is 1. The zero-order chi connectivity index (χ0) is 12.4. The third-order valence-corrected chi connectivity index (χ3v) is 3.37. The average Bonchev–Trinajstić information content (AvgIpc) is 2.82. The lowest BCUT2D eigenvalue weighted by Crippen LogP contribution is -1.86. The van der Waals surface area contributed by atoms with Crippen LogP contribution in [0.2, 0.25) is 0 Å². The number of hydrogen-bond donors (Lipinski definition) is 0. The Morgan fingerprint density at radius 1 is 1.11 bits per heavy atom. The Hall–Kier alpha value is -1.80. The van der Waals surface area contributed by atoms with Crippen LogP contribution in [0.5, 0.6) is 5.75 Å². The SMILES string of the molecule is COc1ccc2c(c1)C(=Cc1ccncc1)CC2.Cl. The number of halogens is 1. The van der Waals surface area contributed by atoms with Crippen molar-refractivity contribution in [2.45, 2.75) is 12.8 Å². The summed E-state index contributed by atoms with van der Waals surface area (Å²) in [4.78, 5) is 4.04. The highest BCUT2D eigenvalue weighted by molar-refractivity contribution is 5.86. The first kappa shape index (κ1) is 13.6. The summed E-state index contributed by atoms with van der Waals surface area (Å²) in [6.45, 7) is 0. The zero-order valence-electron chi connectivity index (χ0n) is 10.8. The molecule has 98 valence electrons. The molecule has 1 heterocycles. The summed E-state index contributed by atoms with van der Waals surface area (Å²) in [5.41, 5.74) is 5.33. The van der Waals surface area contributed by atoms with Crippen molar-refractivity contribution in [3.05, 3.63) is 59.4 Å². The molecule has 0 saturated heterocycles. The van der Waals surface area contributed by atoms with Crippen LogP contribution >= 0.6 is 12.4 Å². The van der Waals surface area contributed by atoms with E-state index in [1.54, 1.807) is 7.11 Å². The molecule has 0 aliphatic heterocycles. The van der Waals surface area contributed by atoms with Crippen LogP contribution < -0.4 is 4.74 Å². The average molecular weight is 274 g/mol. The van der Waals surface area contributed by atoms with Crippen LogP contribution in [0, 0.1) is 0 Å². The minimum absolute atomic E-state index is 0. The van der Waals surface area contributed by atoms with Gasteiger partial charge in [-0.25, -0.2) is 0 Å². The fourth-order valence-corrected chi connectivity index (χ4v) is 2.41. The lowest BCUT2D eigenvalue weighted by molar-refractivity contribution is 0.414. The molecule has 3 rings (SSSR count). The number of allylic oxidation sites excluding steroid dienone is 1. The number of methoxy groups -OCH3 is 1. The van der Waals surface area contributed by atoms with Crippen LogP contribution in [-0.4, -0.2) is 12.1 Å². The third-order valence-electron chi connectivity index (χ3n) is 3.37. The minimum atomic E-state index is 0. The second-order valence-corrected chi connectivity index (χ2v) is 4.47. The molecule has 1 aromatic heterocycles. The lowest BCUT2D eigenvalue weighted by Gasteiger charge is -2.05. The first-order chi connectivity index (χ1) is 8.86. The van der Waals surface area contributed by atoms with E-state index >= 15 is 0 Å². The first-order valence-electron chi connectivity index (χ1n) is 6.15. The largest absolute Gasteiger partial charge is 0.497 e. The van der Waals surface area contributed by atoms with Gasteiger partial charge in [-0.2, -0.15) is 0 Å². The van der Waals surface area contributed by atoms with Gasteiger partial charge in [0.1, 0.15) is 5.75 Å². The molecule has 1 aromatic carbocycles. The van der Waals surface area contributed by atoms with Gasteiger partial charge in [-0.05, 0) is 59.4 Å². The van der Waals surface area contributed by atoms with E-state index in [9.17, 15) is 0 Å². The molecule has 2 nitrogen and oxygen atoms in total. The topological polar surface area (TPSA) is 22.1 Å². The Bertz CT molecular complexity index is 593. The van der Waals surface area contributed by atoms with E-state index in [4.69, 9.17) is 4.74 Å². The first-order valence-corrected chi connectivity index (χ1v) is 6.15. The van der Waals surface area contributed by atoms with E-state index in [0.29, 0.717) is 0 Å². The van der Waals surface area contributed by atoms with Crippen molar-refractivity contribution in [3.8, 4) is 5.75 Å². The summed E-state index contributed by atoms with van der Waals surface area (Å²) in [7, 11) is 1.71.